The number of hydrogen-bond donors (Lipinski definition) is 0. The number of halogens is 4. The molecule has 0 amide bonds. The van der Waals surface area contributed by atoms with Gasteiger partial charge in [0.1, 0.15) is 5.75 Å². The number of rotatable bonds is 5. The predicted octanol–water partition coefficient (Wildman–Crippen LogP) is 5.39. The number of alkyl halides is 4. The molecule has 25 heavy (non-hydrogen) atoms. The van der Waals surface area contributed by atoms with E-state index in [9.17, 15) is 13.2 Å². The molecule has 0 aliphatic rings. The van der Waals surface area contributed by atoms with E-state index < -0.39 is 6.36 Å². The van der Waals surface area contributed by atoms with Gasteiger partial charge >= 0.3 is 6.36 Å². The number of aromatic nitrogens is 2. The molecule has 3 rings (SSSR count). The van der Waals surface area contributed by atoms with Crippen molar-refractivity contribution in [3.8, 4) is 17.0 Å². The molecule has 0 radical (unpaired) electrons. The minimum Gasteiger partial charge on any atom is -0.406 e. The van der Waals surface area contributed by atoms with Crippen LogP contribution in [0.3, 0.4) is 0 Å². The number of ether oxygens (including phenoxy) is 1. The van der Waals surface area contributed by atoms with Crippen molar-refractivity contribution in [2.45, 2.75) is 18.2 Å². The van der Waals surface area contributed by atoms with Crippen molar-refractivity contribution in [1.29, 1.82) is 0 Å². The van der Waals surface area contributed by atoms with E-state index in [1.54, 1.807) is 12.1 Å². The second-order valence-electron chi connectivity index (χ2n) is 5.37. The lowest BCUT2D eigenvalue weighted by atomic mass is 10.1. The zero-order valence-corrected chi connectivity index (χ0v) is 14.6. The normalized spacial score (nSPS) is 11.5. The molecule has 3 aromatic rings. The highest BCUT2D eigenvalue weighted by atomic mass is 79.9. The van der Waals surface area contributed by atoms with Crippen molar-refractivity contribution in [2.24, 2.45) is 0 Å². The van der Waals surface area contributed by atoms with E-state index in [2.05, 4.69) is 25.8 Å². The van der Waals surface area contributed by atoms with Gasteiger partial charge in [0.25, 0.3) is 0 Å². The molecule has 0 saturated heterocycles. The SMILES string of the molecule is FC(F)(F)Oc1ccc(-c2cc(CBr)n(Cc3ccccc3)n2)cc1. The van der Waals surface area contributed by atoms with Crippen molar-refractivity contribution in [3.63, 3.8) is 0 Å². The zero-order chi connectivity index (χ0) is 17.9. The molecule has 0 atom stereocenters. The molecule has 0 spiro atoms. The fourth-order valence-electron chi connectivity index (χ4n) is 2.42. The van der Waals surface area contributed by atoms with Crippen LogP contribution in [0.25, 0.3) is 11.3 Å². The zero-order valence-electron chi connectivity index (χ0n) is 13.0. The summed E-state index contributed by atoms with van der Waals surface area (Å²) >= 11 is 3.45. The molecule has 0 fully saturated rings. The first kappa shape index (κ1) is 17.5. The van der Waals surface area contributed by atoms with Gasteiger partial charge in [-0.1, -0.05) is 46.3 Å². The van der Waals surface area contributed by atoms with Crippen LogP contribution in [-0.4, -0.2) is 16.1 Å². The summed E-state index contributed by atoms with van der Waals surface area (Å²) in [5.41, 5.74) is 3.52. The molecule has 1 aromatic heterocycles. The Morgan fingerprint density at radius 2 is 1.68 bits per heavy atom. The highest BCUT2D eigenvalue weighted by molar-refractivity contribution is 9.08. The van der Waals surface area contributed by atoms with Gasteiger partial charge in [-0.3, -0.25) is 4.68 Å². The van der Waals surface area contributed by atoms with Gasteiger partial charge in [0, 0.05) is 16.6 Å². The topological polar surface area (TPSA) is 27.1 Å². The summed E-state index contributed by atoms with van der Waals surface area (Å²) in [5, 5.41) is 5.20. The highest BCUT2D eigenvalue weighted by Gasteiger charge is 2.31. The minimum atomic E-state index is -4.69. The Hall–Kier alpha value is -2.28. The molecule has 1 heterocycles. The number of nitrogens with zero attached hydrogens (tertiary/aromatic N) is 2. The molecule has 130 valence electrons. The van der Waals surface area contributed by atoms with E-state index in [1.807, 2.05) is 41.1 Å². The molecule has 0 bridgehead atoms. The molecule has 0 aliphatic carbocycles. The van der Waals surface area contributed by atoms with Crippen LogP contribution in [0.15, 0.2) is 60.7 Å². The van der Waals surface area contributed by atoms with E-state index >= 15 is 0 Å². The third kappa shape index (κ3) is 4.63. The summed E-state index contributed by atoms with van der Waals surface area (Å²) in [7, 11) is 0. The lowest BCUT2D eigenvalue weighted by Gasteiger charge is -2.08. The lowest BCUT2D eigenvalue weighted by Crippen LogP contribution is -2.16. The maximum Gasteiger partial charge on any atom is 0.573 e. The third-order valence-electron chi connectivity index (χ3n) is 3.56. The van der Waals surface area contributed by atoms with Crippen LogP contribution < -0.4 is 4.74 Å². The van der Waals surface area contributed by atoms with Gasteiger partial charge in [0.05, 0.1) is 12.2 Å². The molecule has 7 heteroatoms. The van der Waals surface area contributed by atoms with Crippen molar-refractivity contribution in [3.05, 3.63) is 71.9 Å². The Balaban J connectivity index is 1.83. The van der Waals surface area contributed by atoms with Gasteiger partial charge in [-0.25, -0.2) is 0 Å². The number of benzene rings is 2. The first-order valence-corrected chi connectivity index (χ1v) is 8.59. The molecule has 0 unspecified atom stereocenters. The molecule has 0 aliphatic heterocycles. The molecule has 3 nitrogen and oxygen atoms in total. The summed E-state index contributed by atoms with van der Waals surface area (Å²) < 4.78 is 42.5. The standard InChI is InChI=1S/C18H14BrF3N2O/c19-11-15-10-17(23-24(15)12-13-4-2-1-3-5-13)14-6-8-16(9-7-14)25-18(20,21)22/h1-10H,11-12H2. The average molecular weight is 411 g/mol. The van der Waals surface area contributed by atoms with E-state index in [4.69, 9.17) is 0 Å². The van der Waals surface area contributed by atoms with Gasteiger partial charge in [-0.15, -0.1) is 13.2 Å². The third-order valence-corrected chi connectivity index (χ3v) is 4.13. The Morgan fingerprint density at radius 1 is 1.00 bits per heavy atom. The summed E-state index contributed by atoms with van der Waals surface area (Å²) in [4.78, 5) is 0. The largest absolute Gasteiger partial charge is 0.573 e. The second-order valence-corrected chi connectivity index (χ2v) is 5.93. The van der Waals surface area contributed by atoms with Crippen molar-refractivity contribution in [2.75, 3.05) is 0 Å². The van der Waals surface area contributed by atoms with Gasteiger partial charge < -0.3 is 4.74 Å². The maximum atomic E-state index is 12.2. The van der Waals surface area contributed by atoms with Crippen molar-refractivity contribution < 1.29 is 17.9 Å². The smallest absolute Gasteiger partial charge is 0.406 e. The van der Waals surface area contributed by atoms with Gasteiger partial charge in [-0.2, -0.15) is 5.10 Å². The van der Waals surface area contributed by atoms with E-state index in [0.29, 0.717) is 17.6 Å². The average Bonchev–Trinajstić information content (AvgIpc) is 2.98. The fourth-order valence-corrected chi connectivity index (χ4v) is 2.88. The Bertz CT molecular complexity index is 830. The van der Waals surface area contributed by atoms with Crippen molar-refractivity contribution in [1.82, 2.24) is 9.78 Å². The van der Waals surface area contributed by atoms with Crippen molar-refractivity contribution >= 4 is 15.9 Å². The van der Waals surface area contributed by atoms with E-state index in [1.165, 1.54) is 12.1 Å². The van der Waals surface area contributed by atoms with E-state index in [0.717, 1.165) is 16.8 Å². The van der Waals surface area contributed by atoms with Crippen LogP contribution in [0.2, 0.25) is 0 Å². The monoisotopic (exact) mass is 410 g/mol. The molecule has 0 saturated carbocycles. The van der Waals surface area contributed by atoms with Crippen LogP contribution in [0.5, 0.6) is 5.75 Å². The maximum absolute atomic E-state index is 12.2. The summed E-state index contributed by atoms with van der Waals surface area (Å²) in [6.45, 7) is 0.622. The Labute approximate surface area is 151 Å². The summed E-state index contributed by atoms with van der Waals surface area (Å²) in [6, 6.07) is 17.5. The first-order valence-electron chi connectivity index (χ1n) is 7.47. The molecular formula is C18H14BrF3N2O. The van der Waals surface area contributed by atoms with Crippen LogP contribution >= 0.6 is 15.9 Å². The first-order chi connectivity index (χ1) is 11.9. The van der Waals surface area contributed by atoms with Gasteiger partial charge in [-0.05, 0) is 35.9 Å². The summed E-state index contributed by atoms with van der Waals surface area (Å²) in [5.74, 6) is -0.249. The Kier molecular flexibility index (Phi) is 5.13. The van der Waals surface area contributed by atoms with E-state index in [-0.39, 0.29) is 5.75 Å². The van der Waals surface area contributed by atoms with Crippen LogP contribution in [-0.2, 0) is 11.9 Å². The van der Waals surface area contributed by atoms with Crippen LogP contribution in [0.4, 0.5) is 13.2 Å². The number of hydrogen-bond acceptors (Lipinski definition) is 2. The van der Waals surface area contributed by atoms with Gasteiger partial charge in [0.15, 0.2) is 0 Å². The molecule has 2 aromatic carbocycles. The molecular weight excluding hydrogens is 397 g/mol. The fraction of sp³-hybridized carbons (Fsp3) is 0.167. The highest BCUT2D eigenvalue weighted by Crippen LogP contribution is 2.27. The quantitative estimate of drug-likeness (QED) is 0.527. The van der Waals surface area contributed by atoms with Crippen LogP contribution in [0.1, 0.15) is 11.3 Å². The Morgan fingerprint density at radius 3 is 2.28 bits per heavy atom. The van der Waals surface area contributed by atoms with Crippen LogP contribution in [0, 0.1) is 0 Å². The summed E-state index contributed by atoms with van der Waals surface area (Å²) in [6.07, 6.45) is -4.69. The minimum absolute atomic E-state index is 0.249. The lowest BCUT2D eigenvalue weighted by molar-refractivity contribution is -0.274. The second kappa shape index (κ2) is 7.31. The van der Waals surface area contributed by atoms with Gasteiger partial charge in [0.2, 0.25) is 0 Å². The predicted molar refractivity (Wildman–Crippen MR) is 92.5 cm³/mol. The molecule has 0 N–H and O–H groups in total.